The average Bonchev–Trinajstić information content (AvgIpc) is 2.64. The summed E-state index contributed by atoms with van der Waals surface area (Å²) in [6.07, 6.45) is 0. The minimum absolute atomic E-state index is 0.00996. The number of halogens is 1. The number of carbonyl (C=O) groups is 1. The maximum absolute atomic E-state index is 12.6. The molecule has 2 amide bonds. The number of hydrogen-bond acceptors (Lipinski definition) is 2. The van der Waals surface area contributed by atoms with Gasteiger partial charge < -0.3 is 10.2 Å². The van der Waals surface area contributed by atoms with Gasteiger partial charge in [-0.3, -0.25) is 4.90 Å². The smallest absolute Gasteiger partial charge is 0.321 e. The highest BCUT2D eigenvalue weighted by Gasteiger charge is 2.22. The molecule has 0 aliphatic carbocycles. The van der Waals surface area contributed by atoms with Crippen molar-refractivity contribution < 1.29 is 4.79 Å². The number of piperazine rings is 1. The molecule has 5 heteroatoms. The van der Waals surface area contributed by atoms with E-state index in [1.165, 1.54) is 11.1 Å². The minimum Gasteiger partial charge on any atom is -0.322 e. The van der Waals surface area contributed by atoms with E-state index in [1.54, 1.807) is 0 Å². The number of amides is 2. The number of nitrogens with one attached hydrogen (secondary N) is 1. The third kappa shape index (κ3) is 4.77. The summed E-state index contributed by atoms with van der Waals surface area (Å²) in [5.41, 5.74) is 3.33. The van der Waals surface area contributed by atoms with Crippen molar-refractivity contribution in [3.05, 3.63) is 64.7 Å². The van der Waals surface area contributed by atoms with E-state index < -0.39 is 0 Å². The summed E-state index contributed by atoms with van der Waals surface area (Å²) < 4.78 is 0. The standard InChI is InChI=1S/C21H26ClN3O/c1-16(2)19-5-3-4-6-20(19)23-21(26)25-13-11-24(12-14-25)15-17-7-9-18(22)10-8-17/h3-10,16H,11-15H2,1-2H3,(H,23,26). The van der Waals surface area contributed by atoms with Crippen molar-refractivity contribution >= 4 is 23.3 Å². The first-order chi connectivity index (χ1) is 12.5. The van der Waals surface area contributed by atoms with Crippen LogP contribution >= 0.6 is 11.6 Å². The fourth-order valence-electron chi connectivity index (χ4n) is 3.27. The van der Waals surface area contributed by atoms with Crippen molar-refractivity contribution in [3.8, 4) is 0 Å². The Balaban J connectivity index is 1.53. The lowest BCUT2D eigenvalue weighted by molar-refractivity contribution is 0.143. The fraction of sp³-hybridized carbons (Fsp3) is 0.381. The molecule has 0 atom stereocenters. The SMILES string of the molecule is CC(C)c1ccccc1NC(=O)N1CCN(Cc2ccc(Cl)cc2)CC1. The molecule has 1 N–H and O–H groups in total. The number of benzene rings is 2. The summed E-state index contributed by atoms with van der Waals surface area (Å²) in [5.74, 6) is 0.378. The quantitative estimate of drug-likeness (QED) is 0.836. The van der Waals surface area contributed by atoms with Crippen LogP contribution in [0.1, 0.15) is 30.9 Å². The van der Waals surface area contributed by atoms with E-state index in [9.17, 15) is 4.79 Å². The highest BCUT2D eigenvalue weighted by molar-refractivity contribution is 6.30. The zero-order valence-electron chi connectivity index (χ0n) is 15.4. The Kier molecular flexibility index (Phi) is 6.17. The lowest BCUT2D eigenvalue weighted by atomic mass is 10.0. The summed E-state index contributed by atoms with van der Waals surface area (Å²) in [5, 5.41) is 3.85. The van der Waals surface area contributed by atoms with Gasteiger partial charge in [0, 0.05) is 43.4 Å². The monoisotopic (exact) mass is 371 g/mol. The summed E-state index contributed by atoms with van der Waals surface area (Å²) >= 11 is 5.94. The van der Waals surface area contributed by atoms with Crippen LogP contribution in [0, 0.1) is 0 Å². The summed E-state index contributed by atoms with van der Waals surface area (Å²) in [6.45, 7) is 8.40. The summed E-state index contributed by atoms with van der Waals surface area (Å²) in [6, 6.07) is 16.0. The highest BCUT2D eigenvalue weighted by Crippen LogP contribution is 2.24. The van der Waals surface area contributed by atoms with Gasteiger partial charge in [-0.05, 0) is 35.2 Å². The molecule has 1 heterocycles. The Morgan fingerprint density at radius 3 is 2.35 bits per heavy atom. The van der Waals surface area contributed by atoms with Crippen molar-refractivity contribution in [1.82, 2.24) is 9.80 Å². The van der Waals surface area contributed by atoms with Gasteiger partial charge in [0.1, 0.15) is 0 Å². The number of para-hydroxylation sites is 1. The molecule has 0 unspecified atom stereocenters. The predicted molar refractivity (Wildman–Crippen MR) is 108 cm³/mol. The van der Waals surface area contributed by atoms with Crippen LogP contribution < -0.4 is 5.32 Å². The normalized spacial score (nSPS) is 15.3. The molecule has 3 rings (SSSR count). The van der Waals surface area contributed by atoms with Gasteiger partial charge in [-0.1, -0.05) is 55.8 Å². The molecule has 0 aromatic heterocycles. The van der Waals surface area contributed by atoms with Crippen LogP contribution in [0.3, 0.4) is 0 Å². The van der Waals surface area contributed by atoms with E-state index in [2.05, 4.69) is 42.3 Å². The number of anilines is 1. The molecule has 0 saturated carbocycles. The minimum atomic E-state index is -0.00996. The van der Waals surface area contributed by atoms with Gasteiger partial charge in [0.2, 0.25) is 0 Å². The van der Waals surface area contributed by atoms with E-state index in [-0.39, 0.29) is 6.03 Å². The topological polar surface area (TPSA) is 35.6 Å². The van der Waals surface area contributed by atoms with Gasteiger partial charge >= 0.3 is 6.03 Å². The van der Waals surface area contributed by atoms with Crippen molar-refractivity contribution in [2.45, 2.75) is 26.3 Å². The molecule has 1 fully saturated rings. The van der Waals surface area contributed by atoms with Crippen molar-refractivity contribution in [2.24, 2.45) is 0 Å². The molecule has 138 valence electrons. The van der Waals surface area contributed by atoms with E-state index >= 15 is 0 Å². The first-order valence-electron chi connectivity index (χ1n) is 9.14. The number of urea groups is 1. The second-order valence-corrected chi connectivity index (χ2v) is 7.50. The van der Waals surface area contributed by atoms with E-state index in [0.717, 1.165) is 43.4 Å². The zero-order chi connectivity index (χ0) is 18.5. The Labute approximate surface area is 160 Å². The maximum atomic E-state index is 12.6. The van der Waals surface area contributed by atoms with Crippen LogP contribution in [-0.2, 0) is 6.54 Å². The first kappa shape index (κ1) is 18.7. The van der Waals surface area contributed by atoms with E-state index in [1.807, 2.05) is 35.2 Å². The Hall–Kier alpha value is -2.04. The molecular formula is C21H26ClN3O. The maximum Gasteiger partial charge on any atom is 0.321 e. The first-order valence-corrected chi connectivity index (χ1v) is 9.52. The molecule has 1 saturated heterocycles. The van der Waals surface area contributed by atoms with E-state index in [4.69, 9.17) is 11.6 Å². The number of nitrogens with zero attached hydrogens (tertiary/aromatic N) is 2. The molecule has 0 bridgehead atoms. The highest BCUT2D eigenvalue weighted by atomic mass is 35.5. The van der Waals surface area contributed by atoms with Gasteiger partial charge in [0.05, 0.1) is 0 Å². The van der Waals surface area contributed by atoms with Crippen molar-refractivity contribution in [3.63, 3.8) is 0 Å². The Morgan fingerprint density at radius 1 is 1.04 bits per heavy atom. The molecule has 1 aliphatic heterocycles. The van der Waals surface area contributed by atoms with Crippen LogP contribution in [-0.4, -0.2) is 42.0 Å². The molecule has 1 aliphatic rings. The lowest BCUT2D eigenvalue weighted by Crippen LogP contribution is -2.49. The van der Waals surface area contributed by atoms with Gasteiger partial charge in [-0.15, -0.1) is 0 Å². The zero-order valence-corrected chi connectivity index (χ0v) is 16.2. The molecule has 0 spiro atoms. The fourth-order valence-corrected chi connectivity index (χ4v) is 3.39. The largest absolute Gasteiger partial charge is 0.322 e. The van der Waals surface area contributed by atoms with E-state index in [0.29, 0.717) is 5.92 Å². The van der Waals surface area contributed by atoms with Gasteiger partial charge in [-0.2, -0.15) is 0 Å². The molecule has 0 radical (unpaired) electrons. The van der Waals surface area contributed by atoms with Crippen LogP contribution in [0.15, 0.2) is 48.5 Å². The number of carbonyl (C=O) groups excluding carboxylic acids is 1. The average molecular weight is 372 g/mol. The van der Waals surface area contributed by atoms with Crippen LogP contribution in [0.25, 0.3) is 0 Å². The van der Waals surface area contributed by atoms with Gasteiger partial charge in [-0.25, -0.2) is 4.79 Å². The van der Waals surface area contributed by atoms with Crippen LogP contribution in [0.2, 0.25) is 5.02 Å². The third-order valence-electron chi connectivity index (χ3n) is 4.80. The Bertz CT molecular complexity index is 737. The van der Waals surface area contributed by atoms with Crippen LogP contribution in [0.4, 0.5) is 10.5 Å². The molecule has 26 heavy (non-hydrogen) atoms. The Morgan fingerprint density at radius 2 is 1.69 bits per heavy atom. The number of rotatable bonds is 4. The summed E-state index contributed by atoms with van der Waals surface area (Å²) in [4.78, 5) is 16.9. The summed E-state index contributed by atoms with van der Waals surface area (Å²) in [7, 11) is 0. The molecule has 2 aromatic rings. The second kappa shape index (κ2) is 8.56. The molecular weight excluding hydrogens is 346 g/mol. The van der Waals surface area contributed by atoms with Crippen molar-refractivity contribution in [1.29, 1.82) is 0 Å². The second-order valence-electron chi connectivity index (χ2n) is 7.06. The van der Waals surface area contributed by atoms with Crippen molar-refractivity contribution in [2.75, 3.05) is 31.5 Å². The lowest BCUT2D eigenvalue weighted by Gasteiger charge is -2.35. The third-order valence-corrected chi connectivity index (χ3v) is 5.06. The van der Waals surface area contributed by atoms with Gasteiger partial charge in [0.15, 0.2) is 0 Å². The van der Waals surface area contributed by atoms with Gasteiger partial charge in [0.25, 0.3) is 0 Å². The predicted octanol–water partition coefficient (Wildman–Crippen LogP) is 4.81. The van der Waals surface area contributed by atoms with Crippen LogP contribution in [0.5, 0.6) is 0 Å². The number of hydrogen-bond donors (Lipinski definition) is 1. The molecule has 4 nitrogen and oxygen atoms in total. The molecule has 2 aromatic carbocycles.